The molecule has 0 radical (unpaired) electrons. The van der Waals surface area contributed by atoms with E-state index in [0.717, 1.165) is 0 Å². The van der Waals surface area contributed by atoms with Gasteiger partial charge in [-0.2, -0.15) is 0 Å². The highest BCUT2D eigenvalue weighted by atomic mass is 35.5. The van der Waals surface area contributed by atoms with Crippen LogP contribution in [-0.2, 0) is 10.0 Å². The van der Waals surface area contributed by atoms with Gasteiger partial charge in [0.15, 0.2) is 0 Å². The van der Waals surface area contributed by atoms with E-state index in [1.807, 2.05) is 6.92 Å². The van der Waals surface area contributed by atoms with Crippen LogP contribution >= 0.6 is 11.6 Å². The van der Waals surface area contributed by atoms with E-state index in [9.17, 15) is 13.2 Å². The molecule has 0 aromatic heterocycles. The van der Waals surface area contributed by atoms with Gasteiger partial charge in [0.2, 0.25) is 0 Å². The number of carbonyl (C=O) groups is 1. The van der Waals surface area contributed by atoms with Crippen molar-refractivity contribution in [2.45, 2.75) is 11.8 Å². The highest BCUT2D eigenvalue weighted by molar-refractivity contribution is 7.92. The van der Waals surface area contributed by atoms with Crippen molar-refractivity contribution >= 4 is 38.9 Å². The highest BCUT2D eigenvalue weighted by Crippen LogP contribution is 2.31. The maximum atomic E-state index is 13.0. The molecular formula is C22H21ClN2O5S. The maximum absolute atomic E-state index is 13.0. The Labute approximate surface area is 186 Å². The molecule has 1 amide bonds. The summed E-state index contributed by atoms with van der Waals surface area (Å²) in [5.41, 5.74) is 0.923. The molecule has 0 heterocycles. The molecule has 162 valence electrons. The minimum atomic E-state index is -4.04. The number of anilines is 2. The number of sulfonamides is 1. The van der Waals surface area contributed by atoms with E-state index in [4.69, 9.17) is 21.1 Å². The van der Waals surface area contributed by atoms with Crippen molar-refractivity contribution in [1.29, 1.82) is 0 Å². The lowest BCUT2D eigenvalue weighted by atomic mass is 10.2. The van der Waals surface area contributed by atoms with E-state index < -0.39 is 15.9 Å². The predicted molar refractivity (Wildman–Crippen MR) is 121 cm³/mol. The van der Waals surface area contributed by atoms with E-state index in [1.165, 1.54) is 19.2 Å². The fourth-order valence-electron chi connectivity index (χ4n) is 2.78. The fraction of sp³-hybridized carbons (Fsp3) is 0.136. The van der Waals surface area contributed by atoms with Crippen molar-refractivity contribution in [3.05, 3.63) is 77.3 Å². The molecule has 3 aromatic carbocycles. The zero-order chi connectivity index (χ0) is 22.4. The van der Waals surface area contributed by atoms with Gasteiger partial charge in [-0.3, -0.25) is 9.52 Å². The van der Waals surface area contributed by atoms with Gasteiger partial charge < -0.3 is 14.8 Å². The first-order valence-electron chi connectivity index (χ1n) is 9.33. The molecule has 2 N–H and O–H groups in total. The summed E-state index contributed by atoms with van der Waals surface area (Å²) >= 11 is 6.07. The lowest BCUT2D eigenvalue weighted by molar-refractivity contribution is 0.102. The zero-order valence-corrected chi connectivity index (χ0v) is 18.5. The molecule has 3 rings (SSSR count). The Bertz CT molecular complexity index is 1180. The standard InChI is InChI=1S/C22H21ClN2O5S/c1-3-30-17-11-8-15(9-12-17)22(26)24-16-10-13-20(29-2)21(14-16)31(27,28)25-19-7-5-4-6-18(19)23/h4-14,25H,3H2,1-2H3,(H,24,26). The van der Waals surface area contributed by atoms with Crippen molar-refractivity contribution < 1.29 is 22.7 Å². The number of hydrogen-bond acceptors (Lipinski definition) is 5. The summed E-state index contributed by atoms with van der Waals surface area (Å²) in [5.74, 6) is 0.386. The summed E-state index contributed by atoms with van der Waals surface area (Å²) in [6.45, 7) is 2.40. The van der Waals surface area contributed by atoms with Crippen LogP contribution in [0, 0.1) is 0 Å². The van der Waals surface area contributed by atoms with Crippen LogP contribution in [0.25, 0.3) is 0 Å². The van der Waals surface area contributed by atoms with Gasteiger partial charge in [-0.1, -0.05) is 23.7 Å². The van der Waals surface area contributed by atoms with Crippen molar-refractivity contribution in [1.82, 2.24) is 0 Å². The normalized spacial score (nSPS) is 10.9. The lowest BCUT2D eigenvalue weighted by Crippen LogP contribution is -2.16. The monoisotopic (exact) mass is 460 g/mol. The zero-order valence-electron chi connectivity index (χ0n) is 16.9. The number of ether oxygens (including phenoxy) is 2. The van der Waals surface area contributed by atoms with E-state index >= 15 is 0 Å². The molecule has 0 aliphatic rings. The number of nitrogens with one attached hydrogen (secondary N) is 2. The van der Waals surface area contributed by atoms with Crippen LogP contribution in [0.2, 0.25) is 5.02 Å². The molecule has 0 fully saturated rings. The van der Waals surface area contributed by atoms with Crippen LogP contribution in [0.5, 0.6) is 11.5 Å². The van der Waals surface area contributed by atoms with Crippen LogP contribution < -0.4 is 19.5 Å². The summed E-state index contributed by atoms with van der Waals surface area (Å²) in [6.07, 6.45) is 0. The number of halogens is 1. The number of benzene rings is 3. The van der Waals surface area contributed by atoms with Crippen molar-refractivity contribution in [3.8, 4) is 11.5 Å². The highest BCUT2D eigenvalue weighted by Gasteiger charge is 2.22. The first-order valence-corrected chi connectivity index (χ1v) is 11.2. The minimum absolute atomic E-state index is 0.124. The largest absolute Gasteiger partial charge is 0.495 e. The molecule has 0 unspecified atom stereocenters. The van der Waals surface area contributed by atoms with Gasteiger partial charge in [0, 0.05) is 11.3 Å². The first-order chi connectivity index (χ1) is 14.8. The van der Waals surface area contributed by atoms with Crippen molar-refractivity contribution in [2.24, 2.45) is 0 Å². The van der Waals surface area contributed by atoms with Crippen molar-refractivity contribution in [2.75, 3.05) is 23.8 Å². The third kappa shape index (κ3) is 5.48. The average Bonchev–Trinajstić information content (AvgIpc) is 2.76. The number of amides is 1. The van der Waals surface area contributed by atoms with Crippen molar-refractivity contribution in [3.63, 3.8) is 0 Å². The SMILES string of the molecule is CCOc1ccc(C(=O)Nc2ccc(OC)c(S(=O)(=O)Nc3ccccc3Cl)c2)cc1. The molecule has 0 saturated heterocycles. The smallest absolute Gasteiger partial charge is 0.265 e. The second kappa shape index (κ2) is 9.72. The third-order valence-corrected chi connectivity index (χ3v) is 5.97. The molecule has 0 saturated carbocycles. The summed E-state index contributed by atoms with van der Waals surface area (Å²) < 4.78 is 38.9. The third-order valence-electron chi connectivity index (χ3n) is 4.26. The summed E-state index contributed by atoms with van der Waals surface area (Å²) in [6, 6.07) is 17.5. The topological polar surface area (TPSA) is 93.7 Å². The van der Waals surface area contributed by atoms with Crippen LogP contribution in [0.1, 0.15) is 17.3 Å². The summed E-state index contributed by atoms with van der Waals surface area (Å²) in [7, 11) is -2.68. The number of para-hydroxylation sites is 1. The van der Waals surface area contributed by atoms with E-state index in [2.05, 4.69) is 10.0 Å². The van der Waals surface area contributed by atoms with Gasteiger partial charge in [0.1, 0.15) is 16.4 Å². The Balaban J connectivity index is 1.86. The van der Waals surface area contributed by atoms with Gasteiger partial charge in [-0.15, -0.1) is 0 Å². The molecule has 0 aliphatic carbocycles. The minimum Gasteiger partial charge on any atom is -0.495 e. The second-order valence-electron chi connectivity index (χ2n) is 6.36. The molecule has 0 aliphatic heterocycles. The molecule has 0 spiro atoms. The van der Waals surface area contributed by atoms with Gasteiger partial charge in [0.05, 0.1) is 24.4 Å². The van der Waals surface area contributed by atoms with E-state index in [0.29, 0.717) is 23.6 Å². The number of rotatable bonds is 8. The quantitative estimate of drug-likeness (QED) is 0.503. The Kier molecular flexibility index (Phi) is 7.04. The Morgan fingerprint density at radius 3 is 2.39 bits per heavy atom. The lowest BCUT2D eigenvalue weighted by Gasteiger charge is -2.14. The summed E-state index contributed by atoms with van der Waals surface area (Å²) in [5, 5.41) is 2.95. The van der Waals surface area contributed by atoms with Gasteiger partial charge in [-0.25, -0.2) is 8.42 Å². The molecule has 31 heavy (non-hydrogen) atoms. The molecule has 0 bridgehead atoms. The first kappa shape index (κ1) is 22.5. The summed E-state index contributed by atoms with van der Waals surface area (Å²) in [4.78, 5) is 12.4. The number of hydrogen-bond donors (Lipinski definition) is 2. The van der Waals surface area contributed by atoms with Crippen LogP contribution in [-0.4, -0.2) is 28.0 Å². The van der Waals surface area contributed by atoms with Gasteiger partial charge >= 0.3 is 0 Å². The molecule has 0 atom stereocenters. The number of methoxy groups -OCH3 is 1. The average molecular weight is 461 g/mol. The molecule has 7 nitrogen and oxygen atoms in total. The van der Waals surface area contributed by atoms with Gasteiger partial charge in [-0.05, 0) is 61.5 Å². The maximum Gasteiger partial charge on any atom is 0.265 e. The fourth-order valence-corrected chi connectivity index (χ4v) is 4.30. The predicted octanol–water partition coefficient (Wildman–Crippen LogP) is 4.80. The molecular weight excluding hydrogens is 440 g/mol. The van der Waals surface area contributed by atoms with Gasteiger partial charge in [0.25, 0.3) is 15.9 Å². The molecule has 9 heteroatoms. The Hall–Kier alpha value is -3.23. The Morgan fingerprint density at radius 1 is 1.03 bits per heavy atom. The van der Waals surface area contributed by atoms with E-state index in [-0.39, 0.29) is 21.4 Å². The van der Waals surface area contributed by atoms with Crippen LogP contribution in [0.15, 0.2) is 71.6 Å². The Morgan fingerprint density at radius 2 is 1.74 bits per heavy atom. The van der Waals surface area contributed by atoms with E-state index in [1.54, 1.807) is 54.6 Å². The second-order valence-corrected chi connectivity index (χ2v) is 8.42. The number of carbonyl (C=O) groups excluding carboxylic acids is 1. The van der Waals surface area contributed by atoms with Crippen LogP contribution in [0.3, 0.4) is 0 Å². The van der Waals surface area contributed by atoms with Crippen LogP contribution in [0.4, 0.5) is 11.4 Å². The molecule has 3 aromatic rings.